The summed E-state index contributed by atoms with van der Waals surface area (Å²) in [7, 11) is 0. The van der Waals surface area contributed by atoms with Gasteiger partial charge in [-0.25, -0.2) is 9.59 Å². The maximum Gasteiger partial charge on any atom is 0.338 e. The molecule has 0 radical (unpaired) electrons. The fourth-order valence-electron chi connectivity index (χ4n) is 3.46. The van der Waals surface area contributed by atoms with Crippen LogP contribution in [0.15, 0.2) is 72.8 Å². The van der Waals surface area contributed by atoms with Crippen molar-refractivity contribution in [3.05, 3.63) is 89.5 Å². The van der Waals surface area contributed by atoms with Crippen molar-refractivity contribution in [2.45, 2.75) is 32.6 Å². The van der Waals surface area contributed by atoms with Gasteiger partial charge in [0.2, 0.25) is 0 Å². The number of unbranched alkanes of at least 4 members (excludes halogenated alkanes) is 2. The third kappa shape index (κ3) is 8.83. The van der Waals surface area contributed by atoms with E-state index in [0.717, 1.165) is 18.4 Å². The first-order valence-electron chi connectivity index (χ1n) is 12.0. The van der Waals surface area contributed by atoms with E-state index in [4.69, 9.17) is 25.7 Å². The summed E-state index contributed by atoms with van der Waals surface area (Å²) in [5.74, 6) is 0.163. The third-order valence-electron chi connectivity index (χ3n) is 5.30. The fourth-order valence-corrected chi connectivity index (χ4v) is 3.46. The van der Waals surface area contributed by atoms with E-state index < -0.39 is 11.9 Å². The molecule has 188 valence electrons. The Balaban J connectivity index is 1.39. The Morgan fingerprint density at radius 2 is 1.50 bits per heavy atom. The predicted octanol–water partition coefficient (Wildman–Crippen LogP) is 5.44. The lowest BCUT2D eigenvalue weighted by Gasteiger charge is -2.08. The van der Waals surface area contributed by atoms with Gasteiger partial charge in [-0.15, -0.1) is 0 Å². The highest BCUT2D eigenvalue weighted by molar-refractivity contribution is 5.91. The van der Waals surface area contributed by atoms with Crippen molar-refractivity contribution in [3.8, 4) is 11.5 Å². The van der Waals surface area contributed by atoms with Crippen molar-refractivity contribution in [2.24, 2.45) is 0 Å². The molecule has 36 heavy (non-hydrogen) atoms. The molecule has 0 saturated heterocycles. The molecule has 0 aromatic heterocycles. The smallest absolute Gasteiger partial charge is 0.338 e. The third-order valence-corrected chi connectivity index (χ3v) is 5.30. The molecule has 0 fully saturated rings. The quantitative estimate of drug-likeness (QED) is 0.115. The largest absolute Gasteiger partial charge is 0.490 e. The highest BCUT2D eigenvalue weighted by Gasteiger charge is 2.09. The van der Waals surface area contributed by atoms with Gasteiger partial charge in [-0.05, 0) is 72.5 Å². The normalized spacial score (nSPS) is 10.8. The van der Waals surface area contributed by atoms with Gasteiger partial charge >= 0.3 is 11.9 Å². The van der Waals surface area contributed by atoms with E-state index >= 15 is 0 Å². The molecule has 0 aliphatic rings. The van der Waals surface area contributed by atoms with Crippen LogP contribution < -0.4 is 20.9 Å². The minimum atomic E-state index is -0.520. The van der Waals surface area contributed by atoms with E-state index in [2.05, 4.69) is 6.92 Å². The number of carbonyl (C=O) groups excluding carboxylic acids is 2. The van der Waals surface area contributed by atoms with Crippen molar-refractivity contribution in [1.29, 1.82) is 0 Å². The number of anilines is 2. The van der Waals surface area contributed by atoms with Gasteiger partial charge in [0.1, 0.15) is 24.7 Å². The van der Waals surface area contributed by atoms with Crippen LogP contribution in [0.3, 0.4) is 0 Å². The van der Waals surface area contributed by atoms with Gasteiger partial charge in [0.15, 0.2) is 0 Å². The van der Waals surface area contributed by atoms with E-state index in [9.17, 15) is 9.59 Å². The SMILES string of the molecule is CCCCCc1ccc(OC(=O)C=Cc2ccc(OCCOC(=O)c3cc(N)cc(N)c3)cc2)cc1. The lowest BCUT2D eigenvalue weighted by Crippen LogP contribution is -2.13. The average molecular weight is 489 g/mol. The van der Waals surface area contributed by atoms with Gasteiger partial charge in [0.25, 0.3) is 0 Å². The summed E-state index contributed by atoms with van der Waals surface area (Å²) in [6.45, 7) is 2.44. The van der Waals surface area contributed by atoms with Gasteiger partial charge in [0.05, 0.1) is 5.56 Å². The minimum absolute atomic E-state index is 0.0702. The molecular weight excluding hydrogens is 456 g/mol. The summed E-state index contributed by atoms with van der Waals surface area (Å²) in [6, 6.07) is 19.4. The van der Waals surface area contributed by atoms with Crippen LogP contribution in [0.25, 0.3) is 6.08 Å². The van der Waals surface area contributed by atoms with Gasteiger partial charge in [-0.1, -0.05) is 44.0 Å². The van der Waals surface area contributed by atoms with Crippen molar-refractivity contribution in [2.75, 3.05) is 24.7 Å². The molecule has 4 N–H and O–H groups in total. The van der Waals surface area contributed by atoms with Crippen LogP contribution in [0.5, 0.6) is 11.5 Å². The highest BCUT2D eigenvalue weighted by Crippen LogP contribution is 2.17. The number of carbonyl (C=O) groups is 2. The van der Waals surface area contributed by atoms with Gasteiger partial charge in [-0.2, -0.15) is 0 Å². The maximum absolute atomic E-state index is 12.1. The monoisotopic (exact) mass is 488 g/mol. The Morgan fingerprint density at radius 3 is 2.17 bits per heavy atom. The first-order valence-corrected chi connectivity index (χ1v) is 12.0. The van der Waals surface area contributed by atoms with Crippen LogP contribution >= 0.6 is 0 Å². The topological polar surface area (TPSA) is 114 Å². The maximum atomic E-state index is 12.1. The molecule has 0 aliphatic carbocycles. The van der Waals surface area contributed by atoms with Crippen LogP contribution in [0, 0.1) is 0 Å². The van der Waals surface area contributed by atoms with Crippen LogP contribution in [0.1, 0.15) is 47.7 Å². The number of rotatable bonds is 12. The van der Waals surface area contributed by atoms with Crippen LogP contribution in [-0.4, -0.2) is 25.2 Å². The van der Waals surface area contributed by atoms with Gasteiger partial charge in [-0.3, -0.25) is 0 Å². The molecule has 0 aliphatic heterocycles. The number of aryl methyl sites for hydroxylation is 1. The second kappa shape index (κ2) is 13.6. The number of nitrogen functional groups attached to an aromatic ring is 2. The Hall–Kier alpha value is -4.26. The van der Waals surface area contributed by atoms with E-state index in [1.54, 1.807) is 24.3 Å². The summed E-state index contributed by atoms with van der Waals surface area (Å²) in [5.41, 5.74) is 14.5. The second-order valence-electron chi connectivity index (χ2n) is 8.30. The van der Waals surface area contributed by atoms with Gasteiger partial charge < -0.3 is 25.7 Å². The fraction of sp³-hybridized carbons (Fsp3) is 0.241. The van der Waals surface area contributed by atoms with E-state index in [1.165, 1.54) is 36.6 Å². The Bertz CT molecular complexity index is 1150. The van der Waals surface area contributed by atoms with Crippen LogP contribution in [0.4, 0.5) is 11.4 Å². The number of ether oxygens (including phenoxy) is 3. The molecule has 0 spiro atoms. The van der Waals surface area contributed by atoms with Crippen molar-refractivity contribution in [1.82, 2.24) is 0 Å². The zero-order valence-corrected chi connectivity index (χ0v) is 20.4. The van der Waals surface area contributed by atoms with E-state index in [1.807, 2.05) is 36.4 Å². The van der Waals surface area contributed by atoms with E-state index in [-0.39, 0.29) is 13.2 Å². The lowest BCUT2D eigenvalue weighted by molar-refractivity contribution is -0.128. The summed E-state index contributed by atoms with van der Waals surface area (Å²) in [4.78, 5) is 24.2. The van der Waals surface area contributed by atoms with Crippen LogP contribution in [-0.2, 0) is 16.0 Å². The summed E-state index contributed by atoms with van der Waals surface area (Å²) in [5, 5.41) is 0. The Labute approximate surface area is 211 Å². The molecule has 7 nitrogen and oxygen atoms in total. The van der Waals surface area contributed by atoms with Crippen molar-refractivity contribution in [3.63, 3.8) is 0 Å². The van der Waals surface area contributed by atoms with Crippen LogP contribution in [0.2, 0.25) is 0 Å². The Kier molecular flexibility index (Phi) is 9.94. The average Bonchev–Trinajstić information content (AvgIpc) is 2.86. The van der Waals surface area contributed by atoms with Gasteiger partial charge in [0, 0.05) is 17.5 Å². The minimum Gasteiger partial charge on any atom is -0.490 e. The molecule has 0 amide bonds. The van der Waals surface area contributed by atoms with E-state index in [0.29, 0.717) is 28.4 Å². The Morgan fingerprint density at radius 1 is 0.833 bits per heavy atom. The first kappa shape index (κ1) is 26.3. The lowest BCUT2D eigenvalue weighted by atomic mass is 10.1. The number of hydrogen-bond acceptors (Lipinski definition) is 7. The predicted molar refractivity (Wildman–Crippen MR) is 142 cm³/mol. The zero-order valence-electron chi connectivity index (χ0n) is 20.4. The summed E-state index contributed by atoms with van der Waals surface area (Å²) in [6.07, 6.45) is 7.65. The second-order valence-corrected chi connectivity index (χ2v) is 8.30. The standard InChI is InChI=1S/C29H32N2O5/c1-2-3-4-5-21-8-13-27(14-9-21)36-28(32)15-10-22-6-11-26(12-7-22)34-16-17-35-29(33)23-18-24(30)20-25(31)19-23/h6-15,18-20H,2-5,16-17,30-31H2,1H3. The highest BCUT2D eigenvalue weighted by atomic mass is 16.6. The number of hydrogen-bond donors (Lipinski definition) is 2. The van der Waals surface area contributed by atoms with Crippen molar-refractivity contribution < 1.29 is 23.8 Å². The molecule has 0 saturated carbocycles. The molecular formula is C29H32N2O5. The molecule has 0 unspecified atom stereocenters. The zero-order chi connectivity index (χ0) is 25.8. The molecule has 0 heterocycles. The molecule has 3 aromatic carbocycles. The molecule has 7 heteroatoms. The summed E-state index contributed by atoms with van der Waals surface area (Å²) >= 11 is 0. The number of esters is 2. The molecule has 3 aromatic rings. The number of nitrogens with two attached hydrogens (primary N) is 2. The first-order chi connectivity index (χ1) is 17.4. The molecule has 0 bridgehead atoms. The molecule has 0 atom stereocenters. The molecule has 3 rings (SSSR count). The van der Waals surface area contributed by atoms with Crippen molar-refractivity contribution >= 4 is 29.4 Å². The number of benzene rings is 3. The summed E-state index contributed by atoms with van der Waals surface area (Å²) < 4.78 is 16.1.